The average molecular weight is 224 g/mol. The lowest BCUT2D eigenvalue weighted by Crippen LogP contribution is -2.38. The molecule has 16 heavy (non-hydrogen) atoms. The predicted octanol–water partition coefficient (Wildman–Crippen LogP) is -0.583. The molecule has 2 rings (SSSR count). The van der Waals surface area contributed by atoms with Crippen molar-refractivity contribution in [2.75, 3.05) is 6.61 Å². The van der Waals surface area contributed by atoms with E-state index in [1.165, 1.54) is 17.9 Å². The molecule has 0 aliphatic rings. The number of ether oxygens (including phenoxy) is 1. The molecular formula is C9H12N4O3. The van der Waals surface area contributed by atoms with Gasteiger partial charge < -0.3 is 9.72 Å². The molecule has 2 aromatic heterocycles. The second-order valence-electron chi connectivity index (χ2n) is 3.30. The van der Waals surface area contributed by atoms with Crippen LogP contribution in [0.3, 0.4) is 0 Å². The molecule has 0 unspecified atom stereocenters. The molecule has 2 aromatic rings. The number of nitrogens with one attached hydrogen (secondary N) is 1. The van der Waals surface area contributed by atoms with Crippen LogP contribution in [0, 0.1) is 0 Å². The van der Waals surface area contributed by atoms with Crippen LogP contribution in [0.4, 0.5) is 0 Å². The first kappa shape index (κ1) is 10.6. The quantitative estimate of drug-likeness (QED) is 0.756. The fourth-order valence-electron chi connectivity index (χ4n) is 1.47. The minimum atomic E-state index is -0.432. The van der Waals surface area contributed by atoms with Crippen molar-refractivity contribution in [3.05, 3.63) is 27.2 Å². The molecule has 86 valence electrons. The molecule has 0 fully saturated rings. The van der Waals surface area contributed by atoms with E-state index in [1.54, 1.807) is 0 Å². The molecule has 0 aliphatic heterocycles. The van der Waals surface area contributed by atoms with Crippen molar-refractivity contribution in [1.82, 2.24) is 19.1 Å². The number of hydrogen-bond acceptors (Lipinski definition) is 4. The van der Waals surface area contributed by atoms with Gasteiger partial charge in [-0.25, -0.2) is 9.78 Å². The van der Waals surface area contributed by atoms with Crippen molar-refractivity contribution in [3.8, 4) is 0 Å². The zero-order valence-electron chi connectivity index (χ0n) is 9.06. The maximum atomic E-state index is 11.8. The molecule has 0 radical (unpaired) electrons. The molecule has 0 saturated carbocycles. The largest absolute Gasteiger partial charge is 0.361 e. The van der Waals surface area contributed by atoms with Gasteiger partial charge in [-0.3, -0.25) is 13.9 Å². The van der Waals surface area contributed by atoms with Gasteiger partial charge in [0.25, 0.3) is 5.56 Å². The van der Waals surface area contributed by atoms with Crippen LogP contribution in [-0.4, -0.2) is 25.7 Å². The molecule has 0 amide bonds. The van der Waals surface area contributed by atoms with Crippen LogP contribution in [0.1, 0.15) is 6.92 Å². The van der Waals surface area contributed by atoms with E-state index in [-0.39, 0.29) is 12.3 Å². The predicted molar refractivity (Wildman–Crippen MR) is 57.2 cm³/mol. The topological polar surface area (TPSA) is 81.9 Å². The number of aromatic amines is 1. The fraction of sp³-hybridized carbons (Fsp3) is 0.444. The van der Waals surface area contributed by atoms with Gasteiger partial charge >= 0.3 is 5.69 Å². The van der Waals surface area contributed by atoms with Gasteiger partial charge in [0.15, 0.2) is 5.65 Å². The SMILES string of the molecule is CCOCn1c(=O)n(C)c(=O)c2[nH]cnc21. The lowest BCUT2D eigenvalue weighted by molar-refractivity contribution is 0.0863. The van der Waals surface area contributed by atoms with E-state index in [9.17, 15) is 9.59 Å². The number of fused-ring (bicyclic) bond motifs is 1. The van der Waals surface area contributed by atoms with Crippen molar-refractivity contribution in [3.63, 3.8) is 0 Å². The first-order valence-corrected chi connectivity index (χ1v) is 4.87. The molecule has 0 spiro atoms. The lowest BCUT2D eigenvalue weighted by atomic mass is 10.5. The van der Waals surface area contributed by atoms with E-state index in [4.69, 9.17) is 4.74 Å². The molecule has 0 atom stereocenters. The maximum absolute atomic E-state index is 11.8. The Morgan fingerprint density at radius 1 is 1.50 bits per heavy atom. The van der Waals surface area contributed by atoms with E-state index in [2.05, 4.69) is 9.97 Å². The summed E-state index contributed by atoms with van der Waals surface area (Å²) in [5.74, 6) is 0. The zero-order valence-corrected chi connectivity index (χ0v) is 9.06. The maximum Gasteiger partial charge on any atom is 0.334 e. The standard InChI is InChI=1S/C9H12N4O3/c1-3-16-5-13-7-6(10-4-11-7)8(14)12(2)9(13)15/h4H,3,5H2,1-2H3,(H,10,11). The Morgan fingerprint density at radius 2 is 2.25 bits per heavy atom. The summed E-state index contributed by atoms with van der Waals surface area (Å²) in [5, 5.41) is 0. The Balaban J connectivity index is 2.76. The molecule has 0 aromatic carbocycles. The Bertz CT molecular complexity index is 622. The van der Waals surface area contributed by atoms with E-state index >= 15 is 0 Å². The highest BCUT2D eigenvalue weighted by Gasteiger charge is 2.12. The number of aromatic nitrogens is 4. The van der Waals surface area contributed by atoms with Gasteiger partial charge in [0.05, 0.1) is 6.33 Å². The van der Waals surface area contributed by atoms with E-state index in [0.29, 0.717) is 17.8 Å². The second-order valence-corrected chi connectivity index (χ2v) is 3.30. The van der Waals surface area contributed by atoms with Gasteiger partial charge in [0.2, 0.25) is 0 Å². The summed E-state index contributed by atoms with van der Waals surface area (Å²) in [6, 6.07) is 0. The number of H-pyrrole nitrogens is 1. The minimum absolute atomic E-state index is 0.0881. The third kappa shape index (κ3) is 1.45. The summed E-state index contributed by atoms with van der Waals surface area (Å²) in [6.45, 7) is 2.40. The van der Waals surface area contributed by atoms with Crippen molar-refractivity contribution < 1.29 is 4.74 Å². The molecular weight excluding hydrogens is 212 g/mol. The summed E-state index contributed by atoms with van der Waals surface area (Å²) < 4.78 is 7.51. The summed E-state index contributed by atoms with van der Waals surface area (Å²) in [4.78, 5) is 30.1. The highest BCUT2D eigenvalue weighted by Crippen LogP contribution is 2.00. The van der Waals surface area contributed by atoms with Crippen LogP contribution in [0.5, 0.6) is 0 Å². The summed E-state index contributed by atoms with van der Waals surface area (Å²) in [5.41, 5.74) is -0.188. The molecule has 1 N–H and O–H groups in total. The van der Waals surface area contributed by atoms with Crippen molar-refractivity contribution in [2.24, 2.45) is 7.05 Å². The highest BCUT2D eigenvalue weighted by atomic mass is 16.5. The molecule has 0 aliphatic carbocycles. The molecule has 7 heteroatoms. The summed E-state index contributed by atoms with van der Waals surface area (Å²) in [6.07, 6.45) is 1.38. The molecule has 7 nitrogen and oxygen atoms in total. The summed E-state index contributed by atoms with van der Waals surface area (Å²) in [7, 11) is 1.42. The summed E-state index contributed by atoms with van der Waals surface area (Å²) >= 11 is 0. The first-order valence-electron chi connectivity index (χ1n) is 4.87. The number of imidazole rings is 1. The molecule has 0 bridgehead atoms. The first-order chi connectivity index (χ1) is 7.66. The lowest BCUT2D eigenvalue weighted by Gasteiger charge is -2.07. The Kier molecular flexibility index (Phi) is 2.61. The van der Waals surface area contributed by atoms with Gasteiger partial charge in [0, 0.05) is 13.7 Å². The van der Waals surface area contributed by atoms with Crippen LogP contribution < -0.4 is 11.2 Å². The Hall–Kier alpha value is -1.89. The third-order valence-electron chi connectivity index (χ3n) is 2.34. The zero-order chi connectivity index (χ0) is 11.7. The smallest absolute Gasteiger partial charge is 0.334 e. The van der Waals surface area contributed by atoms with Gasteiger partial charge in [-0.2, -0.15) is 0 Å². The van der Waals surface area contributed by atoms with Crippen molar-refractivity contribution in [1.29, 1.82) is 0 Å². The second kappa shape index (κ2) is 3.93. The van der Waals surface area contributed by atoms with Crippen molar-refractivity contribution >= 4 is 11.2 Å². The highest BCUT2D eigenvalue weighted by molar-refractivity contribution is 5.68. The number of rotatable bonds is 3. The van der Waals surface area contributed by atoms with Crippen LogP contribution in [0.25, 0.3) is 11.2 Å². The van der Waals surface area contributed by atoms with Gasteiger partial charge in [-0.05, 0) is 6.92 Å². The van der Waals surface area contributed by atoms with Crippen LogP contribution in [-0.2, 0) is 18.5 Å². The van der Waals surface area contributed by atoms with Crippen LogP contribution >= 0.6 is 0 Å². The van der Waals surface area contributed by atoms with Gasteiger partial charge in [-0.1, -0.05) is 0 Å². The number of hydrogen-bond donors (Lipinski definition) is 1. The Morgan fingerprint density at radius 3 is 2.94 bits per heavy atom. The number of nitrogens with zero attached hydrogens (tertiary/aromatic N) is 3. The average Bonchev–Trinajstić information content (AvgIpc) is 2.75. The normalized spacial score (nSPS) is 11.1. The monoisotopic (exact) mass is 224 g/mol. The molecule has 0 saturated heterocycles. The Labute approximate surface area is 90.3 Å². The van der Waals surface area contributed by atoms with Crippen molar-refractivity contribution in [2.45, 2.75) is 13.7 Å². The van der Waals surface area contributed by atoms with E-state index in [1.807, 2.05) is 6.92 Å². The van der Waals surface area contributed by atoms with E-state index < -0.39 is 5.69 Å². The third-order valence-corrected chi connectivity index (χ3v) is 2.34. The van der Waals surface area contributed by atoms with Gasteiger partial charge in [-0.15, -0.1) is 0 Å². The van der Waals surface area contributed by atoms with Gasteiger partial charge in [0.1, 0.15) is 12.2 Å². The fourth-order valence-corrected chi connectivity index (χ4v) is 1.47. The van der Waals surface area contributed by atoms with Crippen LogP contribution in [0.2, 0.25) is 0 Å². The minimum Gasteiger partial charge on any atom is -0.361 e. The molecule has 2 heterocycles. The van der Waals surface area contributed by atoms with Crippen LogP contribution in [0.15, 0.2) is 15.9 Å². The van der Waals surface area contributed by atoms with E-state index in [0.717, 1.165) is 4.57 Å².